The SMILES string of the molecule is Cc1ccc(SCC(=O)OCc2ccc(C#N)cc2)c(C)c1. The van der Waals surface area contributed by atoms with Gasteiger partial charge in [0.05, 0.1) is 17.4 Å². The molecule has 2 rings (SSSR count). The molecule has 0 atom stereocenters. The maximum absolute atomic E-state index is 11.8. The van der Waals surface area contributed by atoms with Crippen molar-refractivity contribution in [2.24, 2.45) is 0 Å². The number of nitriles is 1. The highest BCUT2D eigenvalue weighted by Crippen LogP contribution is 2.23. The molecule has 4 heteroatoms. The Morgan fingerprint density at radius 2 is 1.91 bits per heavy atom. The summed E-state index contributed by atoms with van der Waals surface area (Å²) in [5, 5.41) is 8.73. The summed E-state index contributed by atoms with van der Waals surface area (Å²) in [6.07, 6.45) is 0. The monoisotopic (exact) mass is 311 g/mol. The highest BCUT2D eigenvalue weighted by atomic mass is 32.2. The van der Waals surface area contributed by atoms with Gasteiger partial charge in [-0.3, -0.25) is 4.79 Å². The van der Waals surface area contributed by atoms with Crippen molar-refractivity contribution in [3.63, 3.8) is 0 Å². The number of thioether (sulfide) groups is 1. The van der Waals surface area contributed by atoms with Crippen molar-refractivity contribution in [3.8, 4) is 6.07 Å². The Hall–Kier alpha value is -2.25. The van der Waals surface area contributed by atoms with Gasteiger partial charge in [-0.2, -0.15) is 5.26 Å². The zero-order valence-corrected chi connectivity index (χ0v) is 13.4. The van der Waals surface area contributed by atoms with Crippen LogP contribution in [0.4, 0.5) is 0 Å². The summed E-state index contributed by atoms with van der Waals surface area (Å²) in [5.74, 6) is 0.0505. The quantitative estimate of drug-likeness (QED) is 0.618. The second-order valence-corrected chi connectivity index (χ2v) is 6.04. The van der Waals surface area contributed by atoms with Gasteiger partial charge in [0.15, 0.2) is 0 Å². The van der Waals surface area contributed by atoms with Crippen LogP contribution in [0.3, 0.4) is 0 Å². The van der Waals surface area contributed by atoms with E-state index in [1.165, 1.54) is 22.9 Å². The molecule has 3 nitrogen and oxygen atoms in total. The number of ether oxygens (including phenoxy) is 1. The summed E-state index contributed by atoms with van der Waals surface area (Å²) in [6.45, 7) is 4.32. The molecule has 0 radical (unpaired) electrons. The summed E-state index contributed by atoms with van der Waals surface area (Å²) in [6, 6.07) is 15.2. The average molecular weight is 311 g/mol. The van der Waals surface area contributed by atoms with Crippen molar-refractivity contribution in [1.82, 2.24) is 0 Å². The fraction of sp³-hybridized carbons (Fsp3) is 0.222. The first kappa shape index (κ1) is 16.1. The van der Waals surface area contributed by atoms with Crippen molar-refractivity contribution in [1.29, 1.82) is 5.26 Å². The molecule has 0 heterocycles. The van der Waals surface area contributed by atoms with Crippen LogP contribution in [0.25, 0.3) is 0 Å². The molecule has 0 unspecified atom stereocenters. The largest absolute Gasteiger partial charge is 0.460 e. The van der Waals surface area contributed by atoms with Crippen LogP contribution in [0, 0.1) is 25.2 Å². The summed E-state index contributed by atoms with van der Waals surface area (Å²) in [5.41, 5.74) is 3.86. The van der Waals surface area contributed by atoms with E-state index in [9.17, 15) is 4.79 Å². The van der Waals surface area contributed by atoms with Crippen LogP contribution in [0.1, 0.15) is 22.3 Å². The molecular formula is C18H17NO2S. The molecule has 0 aliphatic carbocycles. The predicted molar refractivity (Wildman–Crippen MR) is 87.6 cm³/mol. The summed E-state index contributed by atoms with van der Waals surface area (Å²) >= 11 is 1.49. The van der Waals surface area contributed by atoms with E-state index in [4.69, 9.17) is 10.00 Å². The Morgan fingerprint density at radius 1 is 1.18 bits per heavy atom. The van der Waals surface area contributed by atoms with Gasteiger partial charge in [0.25, 0.3) is 0 Å². The lowest BCUT2D eigenvalue weighted by molar-refractivity contribution is -0.141. The lowest BCUT2D eigenvalue weighted by Crippen LogP contribution is -2.07. The van der Waals surface area contributed by atoms with E-state index >= 15 is 0 Å². The van der Waals surface area contributed by atoms with Crippen molar-refractivity contribution in [3.05, 3.63) is 64.7 Å². The van der Waals surface area contributed by atoms with E-state index in [1.807, 2.05) is 26.0 Å². The van der Waals surface area contributed by atoms with Gasteiger partial charge >= 0.3 is 5.97 Å². The van der Waals surface area contributed by atoms with Crippen LogP contribution in [-0.2, 0) is 16.1 Å². The van der Waals surface area contributed by atoms with Gasteiger partial charge in [0.2, 0.25) is 0 Å². The van der Waals surface area contributed by atoms with Crippen molar-refractivity contribution in [2.75, 3.05) is 5.75 Å². The first-order chi connectivity index (χ1) is 10.6. The number of rotatable bonds is 5. The lowest BCUT2D eigenvalue weighted by atomic mass is 10.2. The van der Waals surface area contributed by atoms with Crippen molar-refractivity contribution in [2.45, 2.75) is 25.3 Å². The molecule has 0 fully saturated rings. The van der Waals surface area contributed by atoms with Gasteiger partial charge < -0.3 is 4.74 Å². The normalized spacial score (nSPS) is 10.0. The Morgan fingerprint density at radius 3 is 2.55 bits per heavy atom. The third-order valence-corrected chi connectivity index (χ3v) is 4.31. The zero-order valence-electron chi connectivity index (χ0n) is 12.6. The lowest BCUT2D eigenvalue weighted by Gasteiger charge is -2.07. The minimum absolute atomic E-state index is 0.234. The maximum atomic E-state index is 11.8. The van der Waals surface area contributed by atoms with Crippen LogP contribution in [0.15, 0.2) is 47.4 Å². The van der Waals surface area contributed by atoms with Crippen LogP contribution < -0.4 is 0 Å². The summed E-state index contributed by atoms with van der Waals surface area (Å²) in [4.78, 5) is 12.9. The highest BCUT2D eigenvalue weighted by molar-refractivity contribution is 8.00. The topological polar surface area (TPSA) is 50.1 Å². The van der Waals surface area contributed by atoms with Gasteiger partial charge in [-0.25, -0.2) is 0 Å². The minimum atomic E-state index is -0.241. The Balaban J connectivity index is 1.81. The molecule has 22 heavy (non-hydrogen) atoms. The van der Waals surface area contributed by atoms with E-state index in [0.717, 1.165) is 10.5 Å². The standard InChI is InChI=1S/C18H17NO2S/c1-13-3-8-17(14(2)9-13)22-12-18(20)21-11-16-6-4-15(10-19)5-7-16/h3-9H,11-12H2,1-2H3. The first-order valence-electron chi connectivity index (χ1n) is 6.93. The van der Waals surface area contributed by atoms with Crippen LogP contribution in [0.5, 0.6) is 0 Å². The van der Waals surface area contributed by atoms with Gasteiger partial charge in [-0.15, -0.1) is 11.8 Å². The summed E-state index contributed by atoms with van der Waals surface area (Å²) in [7, 11) is 0. The molecule has 2 aromatic rings. The van der Waals surface area contributed by atoms with E-state index in [2.05, 4.69) is 12.1 Å². The highest BCUT2D eigenvalue weighted by Gasteiger charge is 2.07. The molecule has 112 valence electrons. The van der Waals surface area contributed by atoms with Crippen molar-refractivity contribution < 1.29 is 9.53 Å². The second-order valence-electron chi connectivity index (χ2n) is 5.03. The van der Waals surface area contributed by atoms with Crippen LogP contribution in [-0.4, -0.2) is 11.7 Å². The number of nitrogens with zero attached hydrogens (tertiary/aromatic N) is 1. The number of esters is 1. The number of carbonyl (C=O) groups excluding carboxylic acids is 1. The average Bonchev–Trinajstić information content (AvgIpc) is 2.52. The number of carbonyl (C=O) groups is 1. The molecule has 0 amide bonds. The number of aryl methyl sites for hydroxylation is 2. The number of hydrogen-bond acceptors (Lipinski definition) is 4. The Labute approximate surface area is 134 Å². The van der Waals surface area contributed by atoms with E-state index in [-0.39, 0.29) is 12.6 Å². The van der Waals surface area contributed by atoms with Crippen molar-refractivity contribution >= 4 is 17.7 Å². The molecule has 0 aliphatic heterocycles. The van der Waals surface area contributed by atoms with Crippen LogP contribution in [0.2, 0.25) is 0 Å². The van der Waals surface area contributed by atoms with E-state index < -0.39 is 0 Å². The third kappa shape index (κ3) is 4.64. The predicted octanol–water partition coefficient (Wildman–Crippen LogP) is 4.01. The van der Waals surface area contributed by atoms with E-state index in [0.29, 0.717) is 11.3 Å². The molecule has 0 aliphatic rings. The van der Waals surface area contributed by atoms with Gasteiger partial charge in [-0.1, -0.05) is 29.8 Å². The minimum Gasteiger partial charge on any atom is -0.460 e. The number of hydrogen-bond donors (Lipinski definition) is 0. The molecule has 0 N–H and O–H groups in total. The molecule has 0 aromatic heterocycles. The van der Waals surface area contributed by atoms with Crippen LogP contribution >= 0.6 is 11.8 Å². The molecule has 0 saturated carbocycles. The number of benzene rings is 2. The Bertz CT molecular complexity index is 702. The molecule has 0 saturated heterocycles. The zero-order chi connectivity index (χ0) is 15.9. The fourth-order valence-electron chi connectivity index (χ4n) is 1.98. The fourth-order valence-corrected chi connectivity index (χ4v) is 2.79. The molecular weight excluding hydrogens is 294 g/mol. The van der Waals surface area contributed by atoms with Gasteiger partial charge in [-0.05, 0) is 43.2 Å². The van der Waals surface area contributed by atoms with Gasteiger partial charge in [0, 0.05) is 4.90 Å². The third-order valence-electron chi connectivity index (χ3n) is 3.16. The molecule has 2 aromatic carbocycles. The smallest absolute Gasteiger partial charge is 0.316 e. The molecule has 0 spiro atoms. The Kier molecular flexibility index (Phi) is 5.62. The first-order valence-corrected chi connectivity index (χ1v) is 7.92. The maximum Gasteiger partial charge on any atom is 0.316 e. The molecule has 0 bridgehead atoms. The van der Waals surface area contributed by atoms with Gasteiger partial charge in [0.1, 0.15) is 6.61 Å². The van der Waals surface area contributed by atoms with E-state index in [1.54, 1.807) is 24.3 Å². The summed E-state index contributed by atoms with van der Waals surface area (Å²) < 4.78 is 5.24. The second kappa shape index (κ2) is 7.67.